The molecule has 1 amide bonds. The van der Waals surface area contributed by atoms with Crippen LogP contribution in [0.2, 0.25) is 0 Å². The van der Waals surface area contributed by atoms with E-state index in [1.54, 1.807) is 0 Å². The minimum absolute atomic E-state index is 0.287. The van der Waals surface area contributed by atoms with E-state index in [2.05, 4.69) is 26.0 Å². The molecule has 0 bridgehead atoms. The molecule has 1 fully saturated rings. The first-order chi connectivity index (χ1) is 5.24. The number of piperazine rings is 1. The zero-order chi connectivity index (χ0) is 8.27. The lowest BCUT2D eigenvalue weighted by atomic mass is 10.3. The van der Waals surface area contributed by atoms with E-state index in [1.807, 2.05) is 11.8 Å². The molecule has 64 valence electrons. The van der Waals surface area contributed by atoms with E-state index in [-0.39, 0.29) is 5.91 Å². The highest BCUT2D eigenvalue weighted by Crippen LogP contribution is 2.06. The molecule has 1 rings (SSSR count). The third kappa shape index (κ3) is 2.59. The Kier molecular flexibility index (Phi) is 3.58. The van der Waals surface area contributed by atoms with Crippen molar-refractivity contribution >= 4 is 28.8 Å². The maximum Gasteiger partial charge on any atom is 0.222 e. The topological polar surface area (TPSA) is 23.6 Å². The minimum atomic E-state index is 0.287. The largest absolute Gasteiger partial charge is 0.340 e. The van der Waals surface area contributed by atoms with Gasteiger partial charge in [0, 0.05) is 55.5 Å². The predicted octanol–water partition coefficient (Wildman–Crippen LogP) is 0.891. The molecule has 0 aromatic carbocycles. The third-order valence-corrected chi connectivity index (χ3v) is 2.85. The maximum atomic E-state index is 11.2. The second-order valence-corrected chi connectivity index (χ2v) is 4.01. The van der Waals surface area contributed by atoms with Crippen molar-refractivity contribution in [3.63, 3.8) is 0 Å². The maximum absolute atomic E-state index is 11.2. The lowest BCUT2D eigenvalue weighted by Gasteiger charge is -2.30. The van der Waals surface area contributed by atoms with E-state index in [9.17, 15) is 4.79 Å². The van der Waals surface area contributed by atoms with Gasteiger partial charge in [-0.2, -0.15) is 0 Å². The predicted molar refractivity (Wildman–Crippen MR) is 52.5 cm³/mol. The third-order valence-electron chi connectivity index (χ3n) is 1.88. The summed E-state index contributed by atoms with van der Waals surface area (Å²) in [6.07, 6.45) is 0.640. The Labute approximate surface area is 81.2 Å². The van der Waals surface area contributed by atoms with Gasteiger partial charge < -0.3 is 4.90 Å². The molecule has 3 nitrogen and oxygen atoms in total. The van der Waals surface area contributed by atoms with E-state index in [0.717, 1.165) is 26.2 Å². The molecular formula is C7H13IN2O. The van der Waals surface area contributed by atoms with E-state index in [4.69, 9.17) is 0 Å². The van der Waals surface area contributed by atoms with Crippen LogP contribution in [0.15, 0.2) is 0 Å². The van der Waals surface area contributed by atoms with E-state index < -0.39 is 0 Å². The van der Waals surface area contributed by atoms with E-state index >= 15 is 0 Å². The van der Waals surface area contributed by atoms with E-state index in [1.165, 1.54) is 0 Å². The Balaban J connectivity index is 2.33. The van der Waals surface area contributed by atoms with Gasteiger partial charge in [-0.25, -0.2) is 3.11 Å². The zero-order valence-electron chi connectivity index (χ0n) is 6.72. The van der Waals surface area contributed by atoms with Crippen molar-refractivity contribution in [1.29, 1.82) is 0 Å². The average molecular weight is 268 g/mol. The summed E-state index contributed by atoms with van der Waals surface area (Å²) in [6.45, 7) is 5.72. The summed E-state index contributed by atoms with van der Waals surface area (Å²) in [7, 11) is 0. The van der Waals surface area contributed by atoms with Gasteiger partial charge in [-0.05, 0) is 0 Å². The number of carbonyl (C=O) groups is 1. The summed E-state index contributed by atoms with van der Waals surface area (Å²) in [4.78, 5) is 13.1. The number of hydrogen-bond donors (Lipinski definition) is 0. The molecule has 1 saturated heterocycles. The van der Waals surface area contributed by atoms with Crippen LogP contribution in [0.1, 0.15) is 13.3 Å². The van der Waals surface area contributed by atoms with Crippen LogP contribution >= 0.6 is 22.9 Å². The van der Waals surface area contributed by atoms with Crippen LogP contribution in [0.25, 0.3) is 0 Å². The minimum Gasteiger partial charge on any atom is -0.340 e. The van der Waals surface area contributed by atoms with Gasteiger partial charge in [0.05, 0.1) is 0 Å². The van der Waals surface area contributed by atoms with Crippen molar-refractivity contribution in [1.82, 2.24) is 8.01 Å². The Bertz CT molecular complexity index is 143. The van der Waals surface area contributed by atoms with Crippen molar-refractivity contribution in [2.24, 2.45) is 0 Å². The van der Waals surface area contributed by atoms with Gasteiger partial charge >= 0.3 is 0 Å². The van der Waals surface area contributed by atoms with Gasteiger partial charge in [-0.15, -0.1) is 0 Å². The standard InChI is InChI=1S/C7H13IN2O/c1-2-7(11)9-3-5-10(8)6-4-9/h2-6H2,1H3. The molecule has 0 aliphatic carbocycles. The fourth-order valence-electron chi connectivity index (χ4n) is 1.16. The van der Waals surface area contributed by atoms with Crippen LogP contribution < -0.4 is 0 Å². The van der Waals surface area contributed by atoms with Gasteiger partial charge in [0.1, 0.15) is 0 Å². The lowest BCUT2D eigenvalue weighted by Crippen LogP contribution is -2.44. The first-order valence-electron chi connectivity index (χ1n) is 3.92. The Hall–Kier alpha value is 0.160. The summed E-state index contributed by atoms with van der Waals surface area (Å²) < 4.78 is 2.22. The normalized spacial score (nSPS) is 20.4. The van der Waals surface area contributed by atoms with Crippen molar-refractivity contribution in [2.75, 3.05) is 26.2 Å². The molecule has 0 saturated carbocycles. The molecule has 0 spiro atoms. The van der Waals surface area contributed by atoms with Crippen molar-refractivity contribution in [3.8, 4) is 0 Å². The van der Waals surface area contributed by atoms with Gasteiger partial charge in [0.2, 0.25) is 5.91 Å². The van der Waals surface area contributed by atoms with Crippen molar-refractivity contribution in [2.45, 2.75) is 13.3 Å². The average Bonchev–Trinajstić information content (AvgIpc) is 2.05. The highest BCUT2D eigenvalue weighted by molar-refractivity contribution is 14.1. The number of carbonyl (C=O) groups excluding carboxylic acids is 1. The Morgan fingerprint density at radius 1 is 1.36 bits per heavy atom. The number of halogens is 1. The Morgan fingerprint density at radius 2 is 1.91 bits per heavy atom. The second kappa shape index (κ2) is 4.25. The molecule has 1 heterocycles. The molecule has 4 heteroatoms. The van der Waals surface area contributed by atoms with Crippen molar-refractivity contribution in [3.05, 3.63) is 0 Å². The van der Waals surface area contributed by atoms with Crippen LogP contribution in [-0.2, 0) is 4.79 Å². The fraction of sp³-hybridized carbons (Fsp3) is 0.857. The molecule has 11 heavy (non-hydrogen) atoms. The molecule has 0 atom stereocenters. The molecular weight excluding hydrogens is 255 g/mol. The summed E-state index contributed by atoms with van der Waals surface area (Å²) in [5.74, 6) is 0.287. The van der Waals surface area contributed by atoms with Crippen molar-refractivity contribution < 1.29 is 4.79 Å². The number of nitrogens with zero attached hydrogens (tertiary/aromatic N) is 2. The molecule has 0 radical (unpaired) electrons. The quantitative estimate of drug-likeness (QED) is 0.521. The summed E-state index contributed by atoms with van der Waals surface area (Å²) in [5, 5.41) is 0. The number of rotatable bonds is 1. The first-order valence-corrected chi connectivity index (χ1v) is 4.89. The van der Waals surface area contributed by atoms with Crippen LogP contribution in [0, 0.1) is 0 Å². The smallest absolute Gasteiger partial charge is 0.222 e. The summed E-state index contributed by atoms with van der Waals surface area (Å²) >= 11 is 2.30. The molecule has 0 N–H and O–H groups in total. The molecule has 0 aromatic heterocycles. The molecule has 0 unspecified atom stereocenters. The van der Waals surface area contributed by atoms with Gasteiger partial charge in [-0.1, -0.05) is 6.92 Å². The first kappa shape index (κ1) is 9.25. The molecule has 1 aliphatic heterocycles. The van der Waals surface area contributed by atoms with Crippen LogP contribution in [0.4, 0.5) is 0 Å². The zero-order valence-corrected chi connectivity index (χ0v) is 8.87. The second-order valence-electron chi connectivity index (χ2n) is 2.64. The van der Waals surface area contributed by atoms with Gasteiger partial charge in [0.25, 0.3) is 0 Å². The number of hydrogen-bond acceptors (Lipinski definition) is 2. The fourth-order valence-corrected chi connectivity index (χ4v) is 1.59. The van der Waals surface area contributed by atoms with Crippen LogP contribution in [0.3, 0.4) is 0 Å². The molecule has 0 aromatic rings. The monoisotopic (exact) mass is 268 g/mol. The van der Waals surface area contributed by atoms with Crippen LogP contribution in [-0.4, -0.2) is 40.1 Å². The number of amides is 1. The Morgan fingerprint density at radius 3 is 2.36 bits per heavy atom. The van der Waals surface area contributed by atoms with E-state index in [0.29, 0.717) is 6.42 Å². The van der Waals surface area contributed by atoms with Crippen LogP contribution in [0.5, 0.6) is 0 Å². The summed E-state index contributed by atoms with van der Waals surface area (Å²) in [6, 6.07) is 0. The highest BCUT2D eigenvalue weighted by atomic mass is 127. The lowest BCUT2D eigenvalue weighted by molar-refractivity contribution is -0.131. The van der Waals surface area contributed by atoms with Gasteiger partial charge in [-0.3, -0.25) is 4.79 Å². The van der Waals surface area contributed by atoms with Gasteiger partial charge in [0.15, 0.2) is 0 Å². The summed E-state index contributed by atoms with van der Waals surface area (Å²) in [5.41, 5.74) is 0. The SMILES string of the molecule is CCC(=O)N1CCN(I)CC1. The molecule has 1 aliphatic rings. The highest BCUT2D eigenvalue weighted by Gasteiger charge is 2.17.